The Balaban J connectivity index is 1.12. The number of hydrogen-bond donors (Lipinski definition) is 1. The molecule has 1 N–H and O–H groups in total. The molecule has 192 valence electrons. The number of anilines is 1. The standard InChI is InChI=1S/C28H36N4O4/c1-36-22-9-7-21(8-10-22)32-27(34)23(29-28(32)35)11-12-25(33)31-14-4-5-18-15-19-16-20(26(18)31)17-30-13-3-2-6-24(19)30/h7-10,15,19-20,23-24,26H,2-6,11-14,16-17H2,1H3,(H,29,35)/t19-,20-,23-,24-,26-/m0/s1. The summed E-state index contributed by atoms with van der Waals surface area (Å²) in [5, 5.41) is 2.78. The number of benzene rings is 1. The van der Waals surface area contributed by atoms with Gasteiger partial charge in [0.25, 0.3) is 5.91 Å². The van der Waals surface area contributed by atoms with Gasteiger partial charge in [-0.15, -0.1) is 0 Å². The minimum Gasteiger partial charge on any atom is -0.497 e. The van der Waals surface area contributed by atoms with E-state index in [9.17, 15) is 14.4 Å². The van der Waals surface area contributed by atoms with Crippen LogP contribution in [0.4, 0.5) is 10.5 Å². The zero-order chi connectivity index (χ0) is 24.8. The number of hydrogen-bond acceptors (Lipinski definition) is 5. The van der Waals surface area contributed by atoms with Crippen molar-refractivity contribution in [3.8, 4) is 5.75 Å². The highest BCUT2D eigenvalue weighted by molar-refractivity contribution is 6.21. The quantitative estimate of drug-likeness (QED) is 0.504. The van der Waals surface area contributed by atoms with E-state index in [2.05, 4.69) is 21.2 Å². The highest BCUT2D eigenvalue weighted by atomic mass is 16.5. The predicted molar refractivity (Wildman–Crippen MR) is 136 cm³/mol. The van der Waals surface area contributed by atoms with Crippen molar-refractivity contribution in [2.24, 2.45) is 11.8 Å². The molecule has 4 amide bonds. The number of imide groups is 1. The summed E-state index contributed by atoms with van der Waals surface area (Å²) in [5.41, 5.74) is 1.97. The van der Waals surface area contributed by atoms with Crippen LogP contribution in [0, 0.1) is 11.8 Å². The van der Waals surface area contributed by atoms with Crippen molar-refractivity contribution in [1.82, 2.24) is 15.1 Å². The summed E-state index contributed by atoms with van der Waals surface area (Å²) in [6.07, 6.45) is 10.3. The molecule has 4 heterocycles. The Morgan fingerprint density at radius 3 is 2.75 bits per heavy atom. The number of carbonyl (C=O) groups is 3. The molecule has 1 aliphatic carbocycles. The van der Waals surface area contributed by atoms with Crippen molar-refractivity contribution in [1.29, 1.82) is 0 Å². The minimum absolute atomic E-state index is 0.106. The lowest BCUT2D eigenvalue weighted by atomic mass is 9.68. The summed E-state index contributed by atoms with van der Waals surface area (Å²) in [5.74, 6) is 1.61. The number of fused-ring (bicyclic) bond motifs is 6. The van der Waals surface area contributed by atoms with E-state index in [1.807, 2.05) is 0 Å². The average molecular weight is 493 g/mol. The molecule has 0 radical (unpaired) electrons. The van der Waals surface area contributed by atoms with Crippen molar-refractivity contribution in [3.05, 3.63) is 35.9 Å². The summed E-state index contributed by atoms with van der Waals surface area (Å²) < 4.78 is 5.17. The largest absolute Gasteiger partial charge is 0.497 e. The Morgan fingerprint density at radius 1 is 1.11 bits per heavy atom. The molecule has 0 aromatic heterocycles. The molecule has 1 aromatic rings. The van der Waals surface area contributed by atoms with Gasteiger partial charge in [-0.3, -0.25) is 14.5 Å². The zero-order valence-electron chi connectivity index (χ0n) is 21.0. The number of urea groups is 1. The van der Waals surface area contributed by atoms with Crippen LogP contribution in [0.2, 0.25) is 0 Å². The van der Waals surface area contributed by atoms with Crippen LogP contribution in [0.5, 0.6) is 5.75 Å². The van der Waals surface area contributed by atoms with E-state index in [0.717, 1.165) is 30.8 Å². The number of likely N-dealkylation sites (tertiary alicyclic amines) is 1. The van der Waals surface area contributed by atoms with Crippen molar-refractivity contribution in [2.75, 3.05) is 31.6 Å². The lowest BCUT2D eigenvalue weighted by molar-refractivity contribution is -0.136. The number of nitrogens with one attached hydrogen (secondary N) is 1. The third kappa shape index (κ3) is 4.09. The maximum atomic E-state index is 13.5. The Labute approximate surface area is 212 Å². The molecule has 0 spiro atoms. The lowest BCUT2D eigenvalue weighted by Crippen LogP contribution is -2.60. The fourth-order valence-corrected chi connectivity index (χ4v) is 7.37. The van der Waals surface area contributed by atoms with Crippen LogP contribution in [0.1, 0.15) is 51.4 Å². The van der Waals surface area contributed by atoms with Gasteiger partial charge in [-0.1, -0.05) is 18.1 Å². The van der Waals surface area contributed by atoms with Crippen molar-refractivity contribution >= 4 is 23.5 Å². The summed E-state index contributed by atoms with van der Waals surface area (Å²) in [6, 6.07) is 6.61. The summed E-state index contributed by atoms with van der Waals surface area (Å²) >= 11 is 0. The van der Waals surface area contributed by atoms with Crippen molar-refractivity contribution < 1.29 is 19.1 Å². The molecule has 4 aliphatic heterocycles. The first-order valence-corrected chi connectivity index (χ1v) is 13.6. The van der Waals surface area contributed by atoms with Crippen LogP contribution in [0.3, 0.4) is 0 Å². The second-order valence-electron chi connectivity index (χ2n) is 11.0. The van der Waals surface area contributed by atoms with Gasteiger partial charge in [-0.25, -0.2) is 9.69 Å². The van der Waals surface area contributed by atoms with Crippen LogP contribution in [-0.4, -0.2) is 72.5 Å². The highest BCUT2D eigenvalue weighted by Gasteiger charge is 2.47. The molecule has 0 saturated carbocycles. The minimum atomic E-state index is -0.678. The molecular formula is C28H36N4O4. The van der Waals surface area contributed by atoms with Gasteiger partial charge >= 0.3 is 6.03 Å². The molecule has 4 fully saturated rings. The van der Waals surface area contributed by atoms with Gasteiger partial charge in [-0.05, 0) is 81.2 Å². The fourth-order valence-electron chi connectivity index (χ4n) is 7.37. The van der Waals surface area contributed by atoms with E-state index in [1.54, 1.807) is 31.4 Å². The molecule has 8 heteroatoms. The first-order chi connectivity index (χ1) is 17.5. The number of amides is 4. The van der Waals surface area contributed by atoms with E-state index in [0.29, 0.717) is 35.7 Å². The van der Waals surface area contributed by atoms with Crippen LogP contribution >= 0.6 is 0 Å². The Kier molecular flexibility index (Phi) is 6.23. The van der Waals surface area contributed by atoms with Crippen molar-refractivity contribution in [3.63, 3.8) is 0 Å². The highest BCUT2D eigenvalue weighted by Crippen LogP contribution is 2.45. The molecular weight excluding hydrogens is 456 g/mol. The maximum Gasteiger partial charge on any atom is 0.329 e. The molecule has 1 aromatic carbocycles. The lowest BCUT2D eigenvalue weighted by Gasteiger charge is -2.54. The zero-order valence-corrected chi connectivity index (χ0v) is 21.0. The topological polar surface area (TPSA) is 82.2 Å². The van der Waals surface area contributed by atoms with Crippen LogP contribution in [0.25, 0.3) is 0 Å². The monoisotopic (exact) mass is 492 g/mol. The average Bonchev–Trinajstić information content (AvgIpc) is 3.19. The second kappa shape index (κ2) is 9.54. The summed E-state index contributed by atoms with van der Waals surface area (Å²) in [7, 11) is 1.57. The van der Waals surface area contributed by atoms with Gasteiger partial charge in [-0.2, -0.15) is 0 Å². The number of nitrogens with zero attached hydrogens (tertiary/aromatic N) is 3. The smallest absolute Gasteiger partial charge is 0.329 e. The van der Waals surface area contributed by atoms with Gasteiger partial charge < -0.3 is 15.0 Å². The summed E-state index contributed by atoms with van der Waals surface area (Å²) in [4.78, 5) is 45.1. The molecule has 4 saturated heterocycles. The number of methoxy groups -OCH3 is 1. The van der Waals surface area contributed by atoms with Gasteiger partial charge in [0, 0.05) is 25.6 Å². The third-order valence-corrected chi connectivity index (χ3v) is 8.97. The fraction of sp³-hybridized carbons (Fsp3) is 0.607. The van der Waals surface area contributed by atoms with E-state index in [1.165, 1.54) is 37.8 Å². The number of piperidine rings is 3. The van der Waals surface area contributed by atoms with E-state index >= 15 is 0 Å². The van der Waals surface area contributed by atoms with Crippen LogP contribution < -0.4 is 15.0 Å². The van der Waals surface area contributed by atoms with Gasteiger partial charge in [0.1, 0.15) is 11.8 Å². The Hall–Kier alpha value is -2.87. The predicted octanol–water partition coefficient (Wildman–Crippen LogP) is 3.32. The van der Waals surface area contributed by atoms with Crippen LogP contribution in [0.15, 0.2) is 35.9 Å². The Bertz CT molecular complexity index is 1070. The third-order valence-electron chi connectivity index (χ3n) is 8.97. The number of rotatable bonds is 5. The maximum absolute atomic E-state index is 13.5. The molecule has 5 aliphatic rings. The molecule has 8 nitrogen and oxygen atoms in total. The number of carbonyl (C=O) groups excluding carboxylic acids is 3. The first kappa shape index (κ1) is 23.5. The van der Waals surface area contributed by atoms with E-state index < -0.39 is 12.1 Å². The Morgan fingerprint density at radius 2 is 1.94 bits per heavy atom. The summed E-state index contributed by atoms with van der Waals surface area (Å²) in [6.45, 7) is 3.07. The normalized spacial score (nSPS) is 31.9. The van der Waals surface area contributed by atoms with Gasteiger partial charge in [0.05, 0.1) is 18.8 Å². The van der Waals surface area contributed by atoms with Crippen LogP contribution in [-0.2, 0) is 9.59 Å². The van der Waals surface area contributed by atoms with E-state index in [-0.39, 0.29) is 24.3 Å². The van der Waals surface area contributed by atoms with Crippen molar-refractivity contribution in [2.45, 2.75) is 69.5 Å². The molecule has 6 rings (SSSR count). The molecule has 2 bridgehead atoms. The van der Waals surface area contributed by atoms with Gasteiger partial charge in [0.2, 0.25) is 5.91 Å². The molecule has 36 heavy (non-hydrogen) atoms. The van der Waals surface area contributed by atoms with Gasteiger partial charge in [0.15, 0.2) is 0 Å². The molecule has 0 unspecified atom stereocenters. The van der Waals surface area contributed by atoms with E-state index in [4.69, 9.17) is 4.74 Å². The number of ether oxygens (including phenoxy) is 1. The molecule has 5 atom stereocenters. The SMILES string of the molecule is COc1ccc(N2C(=O)N[C@@H](CCC(=O)N3CCCC4=C[C@H]5C[C@@H](CN6CCCC[C@@H]56)[C@H]43)C2=O)cc1. The second-order valence-corrected chi connectivity index (χ2v) is 11.0. The first-order valence-electron chi connectivity index (χ1n) is 13.6.